The largest absolute Gasteiger partial charge is 0.394 e. The maximum Gasteiger partial charge on any atom is 0.220 e. The molecule has 552 valence electrons. The lowest BCUT2D eigenvalue weighted by Crippen LogP contribution is -2.65. The Labute approximate surface area is 575 Å². The Bertz CT molecular complexity index is 1760. The summed E-state index contributed by atoms with van der Waals surface area (Å²) >= 11 is 0. The quantitative estimate of drug-likeness (QED) is 0.0204. The molecule has 1 amide bonds. The Kier molecular flexibility index (Phi) is 60.3. The minimum absolute atomic E-state index is 0.242. The van der Waals surface area contributed by atoms with Gasteiger partial charge in [0.05, 0.1) is 32.0 Å². The number of carbonyl (C=O) groups is 1. The molecule has 2 rings (SSSR count). The first-order valence-electron chi connectivity index (χ1n) is 39.9. The minimum atomic E-state index is -1.79. The summed E-state index contributed by atoms with van der Waals surface area (Å²) in [4.78, 5) is 13.4. The van der Waals surface area contributed by atoms with Crippen molar-refractivity contribution < 1.29 is 64.6 Å². The van der Waals surface area contributed by atoms with Gasteiger partial charge in [0.2, 0.25) is 5.91 Å². The zero-order chi connectivity index (χ0) is 68.0. The number of amides is 1. The summed E-state index contributed by atoms with van der Waals surface area (Å²) < 4.78 is 22.9. The Morgan fingerprint density at radius 1 is 0.383 bits per heavy atom. The normalized spacial score (nSPS) is 22.7. The summed E-state index contributed by atoms with van der Waals surface area (Å²) in [6.07, 6.45) is 69.1. The van der Waals surface area contributed by atoms with E-state index < -0.39 is 86.8 Å². The van der Waals surface area contributed by atoms with Crippen molar-refractivity contribution >= 4 is 5.91 Å². The van der Waals surface area contributed by atoms with Crippen LogP contribution >= 0.6 is 0 Å². The van der Waals surface area contributed by atoms with E-state index in [0.717, 1.165) is 38.5 Å². The summed E-state index contributed by atoms with van der Waals surface area (Å²) in [5, 5.41) is 87.6. The molecule has 12 unspecified atom stereocenters. The lowest BCUT2D eigenvalue weighted by atomic mass is 9.97. The first kappa shape index (κ1) is 88.0. The highest BCUT2D eigenvalue weighted by molar-refractivity contribution is 5.76. The molecule has 0 spiro atoms. The summed E-state index contributed by atoms with van der Waals surface area (Å²) in [5.74, 6) is -0.242. The van der Waals surface area contributed by atoms with E-state index in [4.69, 9.17) is 18.9 Å². The van der Waals surface area contributed by atoms with Crippen LogP contribution in [0.2, 0.25) is 0 Å². The third-order valence-corrected chi connectivity index (χ3v) is 19.5. The van der Waals surface area contributed by atoms with Crippen LogP contribution in [0.5, 0.6) is 0 Å². The van der Waals surface area contributed by atoms with Crippen LogP contribution < -0.4 is 5.32 Å². The second-order valence-electron chi connectivity index (χ2n) is 28.2. The van der Waals surface area contributed by atoms with E-state index in [-0.39, 0.29) is 18.9 Å². The Balaban J connectivity index is 1.61. The van der Waals surface area contributed by atoms with Crippen molar-refractivity contribution in [2.45, 2.75) is 434 Å². The number of aliphatic hydroxyl groups is 8. The van der Waals surface area contributed by atoms with E-state index in [1.165, 1.54) is 289 Å². The SMILES string of the molecule is CCCCCCC/C=C\C/C=C\CCCCCCCCCCCCCCCCCCCCCCCCCC(=O)NC(COC1OC(CO)C(OC2OC(CO)C(O)C(O)C2O)C(O)C1O)C(O)/C=C/CC/C=C/CCCCCCCCCCCCCCCCCCCCC. The van der Waals surface area contributed by atoms with Crippen LogP contribution in [-0.2, 0) is 23.7 Å². The molecule has 14 heteroatoms. The predicted molar refractivity (Wildman–Crippen MR) is 388 cm³/mol. The number of hydrogen-bond acceptors (Lipinski definition) is 13. The first-order chi connectivity index (χ1) is 46.1. The average Bonchev–Trinajstić information content (AvgIpc) is 0.794. The van der Waals surface area contributed by atoms with Crippen LogP contribution in [0, 0.1) is 0 Å². The predicted octanol–water partition coefficient (Wildman–Crippen LogP) is 17.8. The van der Waals surface area contributed by atoms with Gasteiger partial charge in [0.1, 0.15) is 48.8 Å². The Hall–Kier alpha value is -2.05. The zero-order valence-electron chi connectivity index (χ0n) is 60.5. The molecule has 94 heavy (non-hydrogen) atoms. The standard InChI is InChI=1S/C80H149NO13/c1-3-5-7-9-11-13-15-17-19-21-23-25-27-29-30-31-32-33-34-35-36-37-38-40-42-44-46-48-50-52-54-56-58-60-62-64-72(85)81-68(67-91-79-77(90)75(88)78(71(66-83)93-79)94-80-76(89)74(87)73(86)70(65-82)92-80)69(84)63-61-59-57-55-53-51-49-47-45-43-41-39-28-26-24-22-20-18-16-14-12-10-8-6-4-2/h15,17,21,23,53,55,61,63,68-71,73-80,82-84,86-90H,3-14,16,18-20,22,24-52,54,56-60,62,64-67H2,1-2H3,(H,81,85)/b17-15-,23-21-,55-53+,63-61+. The number of carbonyl (C=O) groups excluding carboxylic acids is 1. The number of ether oxygens (including phenoxy) is 4. The van der Waals surface area contributed by atoms with E-state index in [1.807, 2.05) is 6.08 Å². The van der Waals surface area contributed by atoms with Gasteiger partial charge in [-0.1, -0.05) is 339 Å². The van der Waals surface area contributed by atoms with E-state index in [2.05, 4.69) is 55.6 Å². The molecule has 0 radical (unpaired) electrons. The number of hydrogen-bond donors (Lipinski definition) is 9. The molecule has 9 N–H and O–H groups in total. The molecular formula is C80H149NO13. The summed E-state index contributed by atoms with van der Waals surface area (Å²) in [7, 11) is 0. The second-order valence-corrected chi connectivity index (χ2v) is 28.2. The molecule has 14 nitrogen and oxygen atoms in total. The fourth-order valence-electron chi connectivity index (χ4n) is 13.2. The lowest BCUT2D eigenvalue weighted by molar-refractivity contribution is -0.359. The topological polar surface area (TPSA) is 228 Å². The molecule has 2 saturated heterocycles. The third-order valence-electron chi connectivity index (χ3n) is 19.5. The van der Waals surface area contributed by atoms with Crippen molar-refractivity contribution in [3.63, 3.8) is 0 Å². The fraction of sp³-hybridized carbons (Fsp3) is 0.887. The molecule has 2 heterocycles. The van der Waals surface area contributed by atoms with E-state index >= 15 is 0 Å². The summed E-state index contributed by atoms with van der Waals surface area (Å²) in [6, 6.07) is -0.932. The fourth-order valence-corrected chi connectivity index (χ4v) is 13.2. The molecule has 0 bridgehead atoms. The van der Waals surface area contributed by atoms with E-state index in [9.17, 15) is 45.6 Å². The molecule has 2 fully saturated rings. The highest BCUT2D eigenvalue weighted by atomic mass is 16.7. The molecule has 0 aromatic rings. The number of unbranched alkanes of at least 4 members (excludes halogenated alkanes) is 48. The highest BCUT2D eigenvalue weighted by Crippen LogP contribution is 2.30. The van der Waals surface area contributed by atoms with Crippen molar-refractivity contribution in [2.75, 3.05) is 19.8 Å². The number of allylic oxidation sites excluding steroid dienone is 7. The third kappa shape index (κ3) is 47.1. The van der Waals surface area contributed by atoms with Crippen molar-refractivity contribution in [3.05, 3.63) is 48.6 Å². The van der Waals surface area contributed by atoms with Gasteiger partial charge in [-0.05, 0) is 64.2 Å². The van der Waals surface area contributed by atoms with Crippen LogP contribution in [0.4, 0.5) is 0 Å². The Morgan fingerprint density at radius 2 is 0.713 bits per heavy atom. The molecule has 0 saturated carbocycles. The Morgan fingerprint density at radius 3 is 1.11 bits per heavy atom. The van der Waals surface area contributed by atoms with Gasteiger partial charge in [0.15, 0.2) is 12.6 Å². The molecule has 0 aliphatic carbocycles. The van der Waals surface area contributed by atoms with Gasteiger partial charge < -0.3 is 65.1 Å². The van der Waals surface area contributed by atoms with Crippen LogP contribution in [0.1, 0.15) is 361 Å². The molecule has 12 atom stereocenters. The summed E-state index contributed by atoms with van der Waals surface area (Å²) in [5.41, 5.74) is 0. The van der Waals surface area contributed by atoms with Gasteiger partial charge in [-0.25, -0.2) is 0 Å². The summed E-state index contributed by atoms with van der Waals surface area (Å²) in [6.45, 7) is 2.83. The van der Waals surface area contributed by atoms with E-state index in [0.29, 0.717) is 12.8 Å². The number of aliphatic hydroxyl groups excluding tert-OH is 8. The molecular weight excluding hydrogens is 1180 g/mol. The molecule has 2 aliphatic heterocycles. The van der Waals surface area contributed by atoms with Crippen LogP contribution in [0.3, 0.4) is 0 Å². The van der Waals surface area contributed by atoms with Crippen LogP contribution in [0.25, 0.3) is 0 Å². The zero-order valence-corrected chi connectivity index (χ0v) is 60.5. The molecule has 0 aromatic heterocycles. The molecule has 0 aromatic carbocycles. The van der Waals surface area contributed by atoms with E-state index in [1.54, 1.807) is 6.08 Å². The van der Waals surface area contributed by atoms with Crippen molar-refractivity contribution in [1.29, 1.82) is 0 Å². The monoisotopic (exact) mass is 1330 g/mol. The van der Waals surface area contributed by atoms with Gasteiger partial charge >= 0.3 is 0 Å². The first-order valence-corrected chi connectivity index (χ1v) is 39.9. The van der Waals surface area contributed by atoms with Gasteiger partial charge in [-0.2, -0.15) is 0 Å². The van der Waals surface area contributed by atoms with Gasteiger partial charge in [-0.3, -0.25) is 4.79 Å². The van der Waals surface area contributed by atoms with Crippen molar-refractivity contribution in [3.8, 4) is 0 Å². The maximum absolute atomic E-state index is 13.4. The van der Waals surface area contributed by atoms with Crippen LogP contribution in [0.15, 0.2) is 48.6 Å². The smallest absolute Gasteiger partial charge is 0.220 e. The second kappa shape index (κ2) is 64.3. The number of nitrogens with one attached hydrogen (secondary N) is 1. The minimum Gasteiger partial charge on any atom is -0.394 e. The lowest BCUT2D eigenvalue weighted by Gasteiger charge is -2.46. The van der Waals surface area contributed by atoms with Gasteiger partial charge in [0.25, 0.3) is 0 Å². The van der Waals surface area contributed by atoms with Crippen molar-refractivity contribution in [2.24, 2.45) is 0 Å². The van der Waals surface area contributed by atoms with Crippen molar-refractivity contribution in [1.82, 2.24) is 5.32 Å². The maximum atomic E-state index is 13.4. The molecule has 2 aliphatic rings. The van der Waals surface area contributed by atoms with Crippen LogP contribution in [-0.4, -0.2) is 140 Å². The highest BCUT2D eigenvalue weighted by Gasteiger charge is 2.51. The van der Waals surface area contributed by atoms with Gasteiger partial charge in [0, 0.05) is 6.42 Å². The number of rotatable bonds is 67. The average molecular weight is 1330 g/mol. The van der Waals surface area contributed by atoms with Gasteiger partial charge in [-0.15, -0.1) is 0 Å².